The molecule has 0 unspecified atom stereocenters. The number of carbonyl (C=O) groups excluding carboxylic acids is 1. The molecule has 0 atom stereocenters. The van der Waals surface area contributed by atoms with Gasteiger partial charge in [0.25, 0.3) is 0 Å². The summed E-state index contributed by atoms with van der Waals surface area (Å²) < 4.78 is 26.9. The van der Waals surface area contributed by atoms with Crippen LogP contribution in [0.25, 0.3) is 10.8 Å². The number of hydrogen-bond acceptors (Lipinski definition) is 4. The lowest BCUT2D eigenvalue weighted by atomic mass is 10.1. The molecule has 0 aromatic heterocycles. The Morgan fingerprint density at radius 1 is 1.09 bits per heavy atom. The summed E-state index contributed by atoms with van der Waals surface area (Å²) >= 11 is 0. The molecule has 118 valence electrons. The number of amides is 1. The van der Waals surface area contributed by atoms with Crippen LogP contribution in [0.3, 0.4) is 0 Å². The van der Waals surface area contributed by atoms with Crippen LogP contribution in [0, 0.1) is 0 Å². The van der Waals surface area contributed by atoms with Crippen molar-refractivity contribution in [2.75, 3.05) is 20.6 Å². The summed E-state index contributed by atoms with van der Waals surface area (Å²) in [7, 11) is -0.236. The molecule has 2 rings (SSSR count). The van der Waals surface area contributed by atoms with Gasteiger partial charge < -0.3 is 0 Å². The molecule has 0 heterocycles. The Balaban J connectivity index is 2.04. The molecule has 0 radical (unpaired) electrons. The lowest BCUT2D eigenvalue weighted by molar-refractivity contribution is -0.124. The zero-order chi connectivity index (χ0) is 16.2. The Kier molecular flexibility index (Phi) is 5.12. The van der Waals surface area contributed by atoms with Crippen molar-refractivity contribution in [3.63, 3.8) is 0 Å². The number of hydrazine groups is 1. The lowest BCUT2D eigenvalue weighted by Gasteiger charge is -2.12. The summed E-state index contributed by atoms with van der Waals surface area (Å²) in [6, 6.07) is 12.5. The molecule has 0 aliphatic rings. The molecule has 22 heavy (non-hydrogen) atoms. The van der Waals surface area contributed by atoms with Gasteiger partial charge in [-0.3, -0.25) is 10.2 Å². The van der Waals surface area contributed by atoms with Crippen LogP contribution >= 0.6 is 0 Å². The smallest absolute Gasteiger partial charge is 0.240 e. The molecule has 0 aliphatic carbocycles. The van der Waals surface area contributed by atoms with E-state index in [9.17, 15) is 13.2 Å². The first-order valence-corrected chi connectivity index (χ1v) is 8.32. The molecule has 2 aromatic rings. The van der Waals surface area contributed by atoms with Gasteiger partial charge >= 0.3 is 0 Å². The van der Waals surface area contributed by atoms with Crippen LogP contribution in [-0.4, -0.2) is 40.0 Å². The Morgan fingerprint density at radius 3 is 2.45 bits per heavy atom. The molecule has 1 amide bonds. The van der Waals surface area contributed by atoms with Crippen molar-refractivity contribution < 1.29 is 13.2 Å². The Hall–Kier alpha value is -1.96. The third-order valence-corrected chi connectivity index (χ3v) is 4.48. The van der Waals surface area contributed by atoms with Gasteiger partial charge in [-0.1, -0.05) is 30.3 Å². The predicted molar refractivity (Wildman–Crippen MR) is 85.6 cm³/mol. The molecule has 2 N–H and O–H groups in total. The highest BCUT2D eigenvalue weighted by Gasteiger charge is 2.14. The van der Waals surface area contributed by atoms with Gasteiger partial charge in [-0.15, -0.1) is 0 Å². The summed E-state index contributed by atoms with van der Waals surface area (Å²) in [6.07, 6.45) is 0.0744. The van der Waals surface area contributed by atoms with Gasteiger partial charge in [0.15, 0.2) is 0 Å². The average molecular weight is 321 g/mol. The van der Waals surface area contributed by atoms with Crippen LogP contribution in [0.1, 0.15) is 6.42 Å². The predicted octanol–water partition coefficient (Wildman–Crippen LogP) is 1.10. The largest absolute Gasteiger partial charge is 0.289 e. The van der Waals surface area contributed by atoms with Gasteiger partial charge in [0.1, 0.15) is 0 Å². The minimum absolute atomic E-state index is 0.0504. The van der Waals surface area contributed by atoms with Crippen molar-refractivity contribution in [2.24, 2.45) is 0 Å². The van der Waals surface area contributed by atoms with E-state index < -0.39 is 10.0 Å². The number of fused-ring (bicyclic) bond motifs is 1. The molecule has 0 saturated heterocycles. The van der Waals surface area contributed by atoms with Crippen LogP contribution in [0.15, 0.2) is 47.4 Å². The molecule has 0 spiro atoms. The van der Waals surface area contributed by atoms with E-state index in [0.717, 1.165) is 10.8 Å². The van der Waals surface area contributed by atoms with Crippen LogP contribution in [0.4, 0.5) is 0 Å². The topological polar surface area (TPSA) is 78.5 Å². The maximum absolute atomic E-state index is 12.2. The molecule has 0 fully saturated rings. The first kappa shape index (κ1) is 16.4. The number of benzene rings is 2. The summed E-state index contributed by atoms with van der Waals surface area (Å²) in [4.78, 5) is 11.7. The van der Waals surface area contributed by atoms with Crippen molar-refractivity contribution >= 4 is 26.7 Å². The molecular formula is C15H19N3O3S. The molecule has 7 heteroatoms. The number of nitrogens with one attached hydrogen (secondary N) is 2. The quantitative estimate of drug-likeness (QED) is 0.781. The maximum Gasteiger partial charge on any atom is 0.240 e. The standard InChI is InChI=1S/C15H19N3O3S/c1-18(2)17-15(19)9-10-16-22(20,21)14-8-7-12-5-3-4-6-13(12)11-14/h3-8,11,16H,9-10H2,1-2H3,(H,17,19). The van der Waals surface area contributed by atoms with Gasteiger partial charge in [-0.25, -0.2) is 18.1 Å². The van der Waals surface area contributed by atoms with Crippen molar-refractivity contribution in [3.8, 4) is 0 Å². The fourth-order valence-corrected chi connectivity index (χ4v) is 3.09. The summed E-state index contributed by atoms with van der Waals surface area (Å²) in [5, 5.41) is 3.35. The summed E-state index contributed by atoms with van der Waals surface area (Å²) in [5.41, 5.74) is 2.55. The number of rotatable bonds is 6. The van der Waals surface area contributed by atoms with Crippen LogP contribution in [0.2, 0.25) is 0 Å². The minimum Gasteiger partial charge on any atom is -0.289 e. The van der Waals surface area contributed by atoms with Gasteiger partial charge in [-0.2, -0.15) is 0 Å². The summed E-state index contributed by atoms with van der Waals surface area (Å²) in [6.45, 7) is 0.0504. The maximum atomic E-state index is 12.2. The van der Waals surface area contributed by atoms with Gasteiger partial charge in [0.05, 0.1) is 4.90 Å². The molecule has 0 aliphatic heterocycles. The van der Waals surface area contributed by atoms with Gasteiger partial charge in [0, 0.05) is 27.1 Å². The highest BCUT2D eigenvalue weighted by Crippen LogP contribution is 2.18. The second-order valence-electron chi connectivity index (χ2n) is 5.09. The molecule has 0 bridgehead atoms. The number of carbonyl (C=O) groups is 1. The van der Waals surface area contributed by atoms with E-state index in [0.29, 0.717) is 0 Å². The second-order valence-corrected chi connectivity index (χ2v) is 6.85. The molecule has 2 aromatic carbocycles. The molecular weight excluding hydrogens is 302 g/mol. The highest BCUT2D eigenvalue weighted by atomic mass is 32.2. The fourth-order valence-electron chi connectivity index (χ4n) is 2.02. The fraction of sp³-hybridized carbons (Fsp3) is 0.267. The first-order valence-electron chi connectivity index (χ1n) is 6.84. The normalized spacial score (nSPS) is 11.8. The van der Waals surface area contributed by atoms with E-state index in [1.54, 1.807) is 32.3 Å². The average Bonchev–Trinajstić information content (AvgIpc) is 2.45. The van der Waals surface area contributed by atoms with E-state index >= 15 is 0 Å². The third-order valence-electron chi connectivity index (χ3n) is 3.02. The third kappa shape index (κ3) is 4.27. The minimum atomic E-state index is -3.62. The zero-order valence-corrected chi connectivity index (χ0v) is 13.4. The van der Waals surface area contributed by atoms with E-state index in [1.165, 1.54) is 5.01 Å². The number of sulfonamides is 1. The van der Waals surface area contributed by atoms with Crippen molar-refractivity contribution in [2.45, 2.75) is 11.3 Å². The Bertz CT molecular complexity index is 772. The van der Waals surface area contributed by atoms with Crippen molar-refractivity contribution in [1.82, 2.24) is 15.2 Å². The monoisotopic (exact) mass is 321 g/mol. The van der Waals surface area contributed by atoms with Gasteiger partial charge in [-0.05, 0) is 22.9 Å². The van der Waals surface area contributed by atoms with E-state index in [1.807, 2.05) is 24.3 Å². The Morgan fingerprint density at radius 2 is 1.77 bits per heavy atom. The number of nitrogens with zero attached hydrogens (tertiary/aromatic N) is 1. The van der Waals surface area contributed by atoms with Crippen LogP contribution in [0.5, 0.6) is 0 Å². The van der Waals surface area contributed by atoms with Crippen LogP contribution < -0.4 is 10.1 Å². The summed E-state index contributed by atoms with van der Waals surface area (Å²) in [5.74, 6) is -0.244. The van der Waals surface area contributed by atoms with Crippen molar-refractivity contribution in [3.05, 3.63) is 42.5 Å². The first-order chi connectivity index (χ1) is 10.4. The lowest BCUT2D eigenvalue weighted by Crippen LogP contribution is -2.38. The number of hydrogen-bond donors (Lipinski definition) is 2. The molecule has 6 nitrogen and oxygen atoms in total. The second kappa shape index (κ2) is 6.87. The van der Waals surface area contributed by atoms with E-state index in [4.69, 9.17) is 0 Å². The van der Waals surface area contributed by atoms with Crippen molar-refractivity contribution in [1.29, 1.82) is 0 Å². The van der Waals surface area contributed by atoms with Crippen LogP contribution in [-0.2, 0) is 14.8 Å². The highest BCUT2D eigenvalue weighted by molar-refractivity contribution is 7.89. The molecule has 0 saturated carbocycles. The Labute approximate surface area is 130 Å². The SMILES string of the molecule is CN(C)NC(=O)CCNS(=O)(=O)c1ccc2ccccc2c1. The zero-order valence-electron chi connectivity index (χ0n) is 12.5. The van der Waals surface area contributed by atoms with Gasteiger partial charge in [0.2, 0.25) is 15.9 Å². The van der Waals surface area contributed by atoms with E-state index in [-0.39, 0.29) is 23.8 Å². The van der Waals surface area contributed by atoms with E-state index in [2.05, 4.69) is 10.1 Å².